The molecule has 1 heterocycles. The van der Waals surface area contributed by atoms with E-state index in [1.807, 2.05) is 18.2 Å². The molecule has 0 aliphatic carbocycles. The van der Waals surface area contributed by atoms with Crippen molar-refractivity contribution >= 4 is 11.9 Å². The van der Waals surface area contributed by atoms with Gasteiger partial charge in [-0.2, -0.15) is 0 Å². The van der Waals surface area contributed by atoms with Crippen LogP contribution in [0.2, 0.25) is 0 Å². The van der Waals surface area contributed by atoms with Gasteiger partial charge in [-0.3, -0.25) is 9.59 Å². The number of carbonyl (C=O) groups is 2. The first-order chi connectivity index (χ1) is 37.7. The molecular formula is C66H109NO10. The zero-order chi connectivity index (χ0) is 56.1. The lowest BCUT2D eigenvalue weighted by Gasteiger charge is -2.41. The van der Waals surface area contributed by atoms with Gasteiger partial charge in [0, 0.05) is 6.42 Å². The molecule has 6 N–H and O–H groups in total. The van der Waals surface area contributed by atoms with Gasteiger partial charge in [0.15, 0.2) is 12.4 Å². The Morgan fingerprint density at radius 3 is 1.43 bits per heavy atom. The molecule has 0 aromatic rings. The zero-order valence-corrected chi connectivity index (χ0v) is 48.3. The van der Waals surface area contributed by atoms with E-state index >= 15 is 0 Å². The standard InChI is InChI=1S/C66H109NO10/c1-4-7-10-13-16-19-22-25-27-29-30-31-33-36-39-42-45-48-51-54-61(71)77-64-63(73)62(72)60(55-68)76-66(64)75-56-57(58(69)52-49-46-43-40-37-34-24-21-18-15-12-9-6-3)67-65(74)59(70)53-50-47-44-41-38-35-32-28-26-23-20-17-14-11-8-5-2/h7,10,16-17,19-20,25-28,30-31,35-36,38-39,44,47,49,52,57-60,62-64,66,68-70,72-73H,4-6,8-9,11-15,18,21-24,29,32-34,37,40-43,45-46,48,50-51,53-56H2,1-3H3,(H,67,74)/b10-7-,19-16-,20-17-,27-25-,28-26-,31-30-,38-35-,39-36-,47-44-,52-49+. The summed E-state index contributed by atoms with van der Waals surface area (Å²) in [5, 5.41) is 56.9. The summed E-state index contributed by atoms with van der Waals surface area (Å²) in [6.07, 6.45) is 62.4. The maximum absolute atomic E-state index is 13.4. The van der Waals surface area contributed by atoms with Crippen LogP contribution in [-0.4, -0.2) is 99.6 Å². The van der Waals surface area contributed by atoms with Crippen molar-refractivity contribution in [3.8, 4) is 0 Å². The number of aliphatic hydroxyl groups is 5. The van der Waals surface area contributed by atoms with Crippen molar-refractivity contribution in [2.45, 2.75) is 269 Å². The van der Waals surface area contributed by atoms with Gasteiger partial charge in [0.05, 0.1) is 25.4 Å². The number of ether oxygens (including phenoxy) is 3. The van der Waals surface area contributed by atoms with Gasteiger partial charge in [-0.05, 0) is 109 Å². The van der Waals surface area contributed by atoms with E-state index in [1.165, 1.54) is 70.6 Å². The van der Waals surface area contributed by atoms with E-state index in [1.54, 1.807) is 6.08 Å². The van der Waals surface area contributed by atoms with Crippen LogP contribution in [0.4, 0.5) is 0 Å². The van der Waals surface area contributed by atoms with Crippen molar-refractivity contribution in [2.75, 3.05) is 13.2 Å². The van der Waals surface area contributed by atoms with Crippen LogP contribution in [0.25, 0.3) is 0 Å². The average molecular weight is 1080 g/mol. The van der Waals surface area contributed by atoms with E-state index in [9.17, 15) is 35.1 Å². The summed E-state index contributed by atoms with van der Waals surface area (Å²) >= 11 is 0. The van der Waals surface area contributed by atoms with Crippen molar-refractivity contribution in [1.29, 1.82) is 0 Å². The third-order valence-corrected chi connectivity index (χ3v) is 13.4. The molecule has 0 aromatic carbocycles. The fourth-order valence-electron chi connectivity index (χ4n) is 8.55. The molecule has 77 heavy (non-hydrogen) atoms. The molecule has 1 aliphatic heterocycles. The molecule has 0 spiro atoms. The van der Waals surface area contributed by atoms with Gasteiger partial charge in [-0.15, -0.1) is 0 Å². The number of amides is 1. The first-order valence-corrected chi connectivity index (χ1v) is 30.3. The Bertz CT molecular complexity index is 1710. The van der Waals surface area contributed by atoms with E-state index in [4.69, 9.17) is 14.2 Å². The number of hydrogen-bond acceptors (Lipinski definition) is 10. The Morgan fingerprint density at radius 2 is 0.935 bits per heavy atom. The van der Waals surface area contributed by atoms with E-state index in [0.29, 0.717) is 12.8 Å². The van der Waals surface area contributed by atoms with Crippen LogP contribution >= 0.6 is 0 Å². The van der Waals surface area contributed by atoms with Gasteiger partial charge in [0.2, 0.25) is 5.91 Å². The number of nitrogens with one attached hydrogen (secondary N) is 1. The molecule has 438 valence electrons. The van der Waals surface area contributed by atoms with Gasteiger partial charge < -0.3 is 45.1 Å². The fourth-order valence-corrected chi connectivity index (χ4v) is 8.55. The summed E-state index contributed by atoms with van der Waals surface area (Å²) in [5.41, 5.74) is 0. The zero-order valence-electron chi connectivity index (χ0n) is 48.3. The summed E-state index contributed by atoms with van der Waals surface area (Å²) in [6.45, 7) is 5.58. The Morgan fingerprint density at radius 1 is 0.519 bits per heavy atom. The largest absolute Gasteiger partial charge is 0.454 e. The maximum atomic E-state index is 13.4. The summed E-state index contributed by atoms with van der Waals surface area (Å²) in [4.78, 5) is 26.5. The first kappa shape index (κ1) is 71.1. The topological polar surface area (TPSA) is 175 Å². The SMILES string of the molecule is CC/C=C\C/C=C\C/C=C\C/C=C\C/C=C\CCCCCC(=O)OC1C(OCC(NC(=O)C(O)CC/C=C\C/C=C\C/C=C\C/C=C\CCCCC)C(O)/C=C/CCCCCCCCCCCCC)OC(CO)C(O)C1O. The molecule has 8 atom stereocenters. The Hall–Kier alpha value is -3.94. The van der Waals surface area contributed by atoms with Gasteiger partial charge in [-0.1, -0.05) is 226 Å². The van der Waals surface area contributed by atoms with Gasteiger partial charge >= 0.3 is 5.97 Å². The van der Waals surface area contributed by atoms with Gasteiger partial charge in [-0.25, -0.2) is 0 Å². The molecule has 0 bridgehead atoms. The third-order valence-electron chi connectivity index (χ3n) is 13.4. The number of rotatable bonds is 49. The van der Waals surface area contributed by atoms with Crippen molar-refractivity contribution in [3.05, 3.63) is 122 Å². The van der Waals surface area contributed by atoms with Gasteiger partial charge in [0.1, 0.15) is 24.4 Å². The second-order valence-electron chi connectivity index (χ2n) is 20.3. The van der Waals surface area contributed by atoms with Crippen LogP contribution in [0, 0.1) is 0 Å². The lowest BCUT2D eigenvalue weighted by molar-refractivity contribution is -0.305. The molecule has 1 fully saturated rings. The second kappa shape index (κ2) is 52.7. The minimum atomic E-state index is -1.64. The summed E-state index contributed by atoms with van der Waals surface area (Å²) in [7, 11) is 0. The van der Waals surface area contributed by atoms with Crippen molar-refractivity contribution in [3.63, 3.8) is 0 Å². The minimum Gasteiger partial charge on any atom is -0.454 e. The number of carbonyl (C=O) groups excluding carboxylic acids is 2. The highest BCUT2D eigenvalue weighted by atomic mass is 16.7. The van der Waals surface area contributed by atoms with Crippen molar-refractivity contribution < 1.29 is 49.3 Å². The highest BCUT2D eigenvalue weighted by Crippen LogP contribution is 2.26. The maximum Gasteiger partial charge on any atom is 0.306 e. The molecule has 0 radical (unpaired) electrons. The van der Waals surface area contributed by atoms with E-state index in [0.717, 1.165) is 103 Å². The molecule has 0 saturated carbocycles. The van der Waals surface area contributed by atoms with E-state index in [2.05, 4.69) is 123 Å². The Kier molecular flexibility index (Phi) is 48.7. The molecule has 1 aliphatic rings. The highest BCUT2D eigenvalue weighted by Gasteiger charge is 2.47. The highest BCUT2D eigenvalue weighted by molar-refractivity contribution is 5.80. The molecule has 11 heteroatoms. The van der Waals surface area contributed by atoms with Crippen molar-refractivity contribution in [1.82, 2.24) is 5.32 Å². The summed E-state index contributed by atoms with van der Waals surface area (Å²) in [6, 6.07) is -1.07. The number of esters is 1. The number of allylic oxidation sites excluding steroid dienone is 19. The molecule has 1 amide bonds. The average Bonchev–Trinajstić information content (AvgIpc) is 3.43. The quantitative estimate of drug-likeness (QED) is 0.0195. The summed E-state index contributed by atoms with van der Waals surface area (Å²) in [5.74, 6) is -1.30. The fraction of sp³-hybridized carbons (Fsp3) is 0.667. The van der Waals surface area contributed by atoms with Crippen LogP contribution in [0.3, 0.4) is 0 Å². The van der Waals surface area contributed by atoms with Crippen LogP contribution < -0.4 is 5.32 Å². The molecule has 1 saturated heterocycles. The molecule has 8 unspecified atom stereocenters. The number of unbranched alkanes of at least 4 members (excludes halogenated alkanes) is 17. The first-order valence-electron chi connectivity index (χ1n) is 30.3. The van der Waals surface area contributed by atoms with E-state index in [-0.39, 0.29) is 19.4 Å². The number of aliphatic hydroxyl groups excluding tert-OH is 5. The minimum absolute atomic E-state index is 0.0708. The Labute approximate surface area is 468 Å². The Balaban J connectivity index is 2.78. The smallest absolute Gasteiger partial charge is 0.306 e. The molecular weight excluding hydrogens is 967 g/mol. The molecule has 1 rings (SSSR count). The van der Waals surface area contributed by atoms with Crippen LogP contribution in [0.5, 0.6) is 0 Å². The number of hydrogen-bond donors (Lipinski definition) is 6. The van der Waals surface area contributed by atoms with Crippen molar-refractivity contribution in [2.24, 2.45) is 0 Å². The lowest BCUT2D eigenvalue weighted by Crippen LogP contribution is -2.61. The third kappa shape index (κ3) is 40.8. The molecule has 11 nitrogen and oxygen atoms in total. The van der Waals surface area contributed by atoms with Crippen LogP contribution in [-0.2, 0) is 23.8 Å². The monoisotopic (exact) mass is 1080 g/mol. The predicted octanol–water partition coefficient (Wildman–Crippen LogP) is 14.3. The lowest BCUT2D eigenvalue weighted by atomic mass is 9.99. The normalized spacial score (nSPS) is 19.9. The predicted molar refractivity (Wildman–Crippen MR) is 319 cm³/mol. The van der Waals surface area contributed by atoms with Crippen LogP contribution in [0.1, 0.15) is 220 Å². The second-order valence-corrected chi connectivity index (χ2v) is 20.3. The van der Waals surface area contributed by atoms with Crippen LogP contribution in [0.15, 0.2) is 122 Å². The van der Waals surface area contributed by atoms with Gasteiger partial charge in [0.25, 0.3) is 0 Å². The summed E-state index contributed by atoms with van der Waals surface area (Å²) < 4.78 is 17.5. The van der Waals surface area contributed by atoms with E-state index < -0.39 is 67.4 Å². The molecule has 0 aromatic heterocycles.